The number of methoxy groups -OCH3 is 2. The van der Waals surface area contributed by atoms with Crippen molar-refractivity contribution in [1.82, 2.24) is 19.5 Å². The number of aromatic nitrogens is 4. The molecule has 222 valence electrons. The molecule has 43 heavy (non-hydrogen) atoms. The molecule has 0 radical (unpaired) electrons. The standard InChI is InChI=1S/C31H29F2N5O5/c1-40-21-12-8-19(9-13-21)31(18-6-4-3-5-7-18,20-10-14-22(41-2)15-11-20)42-16-23-26(39)24(32)29(43-23)38-17-35-25-27(34)36-30(33)37-28(25)38/h3-15,17,23-24,26,29,39H,16H2,1-2H3,(H2,34,36,37)/t23-,24-,26-,29-/m1/s1. The summed E-state index contributed by atoms with van der Waals surface area (Å²) in [5.41, 5.74) is 6.90. The van der Waals surface area contributed by atoms with Gasteiger partial charge in [0.1, 0.15) is 29.3 Å². The first-order chi connectivity index (χ1) is 20.8. The Morgan fingerprint density at radius 2 is 1.49 bits per heavy atom. The number of nitrogens with zero attached hydrogens (tertiary/aromatic N) is 4. The summed E-state index contributed by atoms with van der Waals surface area (Å²) in [6.07, 6.45) is -5.82. The van der Waals surface area contributed by atoms with Gasteiger partial charge in [-0.05, 0) is 41.0 Å². The Bertz CT molecular complexity index is 1650. The monoisotopic (exact) mass is 589 g/mol. The molecule has 1 aliphatic heterocycles. The zero-order valence-electron chi connectivity index (χ0n) is 23.3. The van der Waals surface area contributed by atoms with E-state index >= 15 is 4.39 Å². The molecule has 0 amide bonds. The fourth-order valence-electron chi connectivity index (χ4n) is 5.44. The van der Waals surface area contributed by atoms with Crippen LogP contribution in [0.4, 0.5) is 14.6 Å². The van der Waals surface area contributed by atoms with Crippen LogP contribution in [0.15, 0.2) is 85.2 Å². The van der Waals surface area contributed by atoms with Gasteiger partial charge >= 0.3 is 6.08 Å². The number of aliphatic hydroxyl groups is 1. The van der Waals surface area contributed by atoms with Gasteiger partial charge in [-0.15, -0.1) is 0 Å². The van der Waals surface area contributed by atoms with Gasteiger partial charge in [0.15, 0.2) is 29.4 Å². The SMILES string of the molecule is COc1ccc(C(OC[C@H]2O[C@@H](n3cnc4c(N)nc(F)nc43)[C@H](F)[C@@H]2O)(c2ccccc2)c2ccc(OC)cc2)cc1. The summed E-state index contributed by atoms with van der Waals surface area (Å²) in [6.45, 7) is -0.219. The normalized spacial score (nSPS) is 20.4. The topological polar surface area (TPSA) is 127 Å². The number of anilines is 1. The number of ether oxygens (including phenoxy) is 4. The quantitative estimate of drug-likeness (QED) is 0.192. The minimum Gasteiger partial charge on any atom is -0.497 e. The van der Waals surface area contributed by atoms with Gasteiger partial charge in [0.05, 0.1) is 27.2 Å². The van der Waals surface area contributed by atoms with Gasteiger partial charge < -0.3 is 29.8 Å². The lowest BCUT2D eigenvalue weighted by atomic mass is 9.80. The Morgan fingerprint density at radius 3 is 2.07 bits per heavy atom. The Kier molecular flexibility index (Phi) is 7.65. The third-order valence-electron chi connectivity index (χ3n) is 7.63. The Morgan fingerprint density at radius 1 is 0.907 bits per heavy atom. The maximum Gasteiger partial charge on any atom is 0.312 e. The third-order valence-corrected chi connectivity index (χ3v) is 7.63. The lowest BCUT2D eigenvalue weighted by molar-refractivity contribution is -0.0935. The molecule has 5 aromatic rings. The molecule has 6 rings (SSSR count). The lowest BCUT2D eigenvalue weighted by Gasteiger charge is -2.37. The van der Waals surface area contributed by atoms with E-state index in [1.165, 1.54) is 10.9 Å². The Hall–Kier alpha value is -4.65. The molecule has 0 aliphatic carbocycles. The van der Waals surface area contributed by atoms with Crippen LogP contribution in [0.2, 0.25) is 0 Å². The predicted octanol–water partition coefficient (Wildman–Crippen LogP) is 4.17. The van der Waals surface area contributed by atoms with E-state index in [0.29, 0.717) is 11.5 Å². The number of halogens is 2. The van der Waals surface area contributed by atoms with Gasteiger partial charge in [-0.1, -0.05) is 54.6 Å². The molecule has 0 spiro atoms. The second-order valence-electron chi connectivity index (χ2n) is 10.0. The Balaban J connectivity index is 1.39. The van der Waals surface area contributed by atoms with Gasteiger partial charge in [0.25, 0.3) is 0 Å². The smallest absolute Gasteiger partial charge is 0.312 e. The number of nitrogen functional groups attached to an aromatic ring is 1. The number of nitrogens with two attached hydrogens (primary N) is 1. The van der Waals surface area contributed by atoms with Crippen molar-refractivity contribution < 1.29 is 32.8 Å². The molecule has 3 heterocycles. The van der Waals surface area contributed by atoms with Crippen molar-refractivity contribution in [2.24, 2.45) is 0 Å². The van der Waals surface area contributed by atoms with Crippen LogP contribution in [-0.2, 0) is 15.1 Å². The van der Waals surface area contributed by atoms with Crippen molar-refractivity contribution in [1.29, 1.82) is 0 Å². The number of hydrogen-bond acceptors (Lipinski definition) is 9. The Labute approximate surface area is 245 Å². The average Bonchev–Trinajstić information content (AvgIpc) is 3.58. The molecule has 3 N–H and O–H groups in total. The second-order valence-corrected chi connectivity index (χ2v) is 10.0. The molecule has 1 saturated heterocycles. The van der Waals surface area contributed by atoms with E-state index in [9.17, 15) is 9.50 Å². The predicted molar refractivity (Wildman–Crippen MR) is 153 cm³/mol. The van der Waals surface area contributed by atoms with Crippen LogP contribution >= 0.6 is 0 Å². The highest BCUT2D eigenvalue weighted by Crippen LogP contribution is 2.43. The van der Waals surface area contributed by atoms with Crippen LogP contribution in [-0.4, -0.2) is 63.8 Å². The van der Waals surface area contributed by atoms with E-state index in [1.807, 2.05) is 78.9 Å². The number of fused-ring (bicyclic) bond motifs is 1. The first-order valence-corrected chi connectivity index (χ1v) is 13.5. The molecule has 3 aromatic carbocycles. The number of aliphatic hydroxyl groups excluding tert-OH is 1. The summed E-state index contributed by atoms with van der Waals surface area (Å²) in [7, 11) is 3.17. The molecule has 1 fully saturated rings. The summed E-state index contributed by atoms with van der Waals surface area (Å²) < 4.78 is 54.3. The number of benzene rings is 3. The zero-order valence-corrected chi connectivity index (χ0v) is 23.3. The number of alkyl halides is 1. The zero-order chi connectivity index (χ0) is 30.1. The largest absolute Gasteiger partial charge is 0.497 e. The molecular formula is C31H29F2N5O5. The van der Waals surface area contributed by atoms with Crippen LogP contribution < -0.4 is 15.2 Å². The number of hydrogen-bond donors (Lipinski definition) is 2. The molecule has 2 aromatic heterocycles. The van der Waals surface area contributed by atoms with E-state index in [2.05, 4.69) is 15.0 Å². The summed E-state index contributed by atoms with van der Waals surface area (Å²) in [5, 5.41) is 11.0. The highest BCUT2D eigenvalue weighted by Gasteiger charge is 2.48. The van der Waals surface area contributed by atoms with E-state index in [-0.39, 0.29) is 23.6 Å². The fourth-order valence-corrected chi connectivity index (χ4v) is 5.44. The van der Waals surface area contributed by atoms with E-state index < -0.39 is 36.3 Å². The maximum absolute atomic E-state index is 15.6. The summed E-state index contributed by atoms with van der Waals surface area (Å²) in [5.74, 6) is 1.12. The second kappa shape index (κ2) is 11.6. The van der Waals surface area contributed by atoms with Crippen molar-refractivity contribution in [2.45, 2.75) is 30.2 Å². The van der Waals surface area contributed by atoms with Crippen molar-refractivity contribution in [3.63, 3.8) is 0 Å². The molecule has 4 atom stereocenters. The van der Waals surface area contributed by atoms with Crippen molar-refractivity contribution >= 4 is 17.0 Å². The molecule has 0 saturated carbocycles. The van der Waals surface area contributed by atoms with Crippen LogP contribution in [0.5, 0.6) is 11.5 Å². The van der Waals surface area contributed by atoms with Gasteiger partial charge in [0.2, 0.25) is 0 Å². The van der Waals surface area contributed by atoms with Crippen molar-refractivity contribution in [3.8, 4) is 11.5 Å². The van der Waals surface area contributed by atoms with E-state index in [1.54, 1.807) is 14.2 Å². The molecule has 0 unspecified atom stereocenters. The van der Waals surface area contributed by atoms with Gasteiger partial charge in [-0.25, -0.2) is 9.37 Å². The van der Waals surface area contributed by atoms with Crippen molar-refractivity contribution in [3.05, 3.63) is 108 Å². The van der Waals surface area contributed by atoms with Crippen LogP contribution in [0.3, 0.4) is 0 Å². The molecule has 10 nitrogen and oxygen atoms in total. The van der Waals surface area contributed by atoms with Crippen LogP contribution in [0.1, 0.15) is 22.9 Å². The molecule has 12 heteroatoms. The highest BCUT2D eigenvalue weighted by atomic mass is 19.1. The first kappa shape index (κ1) is 28.5. The van der Waals surface area contributed by atoms with E-state index in [0.717, 1.165) is 16.7 Å². The number of rotatable bonds is 9. The van der Waals surface area contributed by atoms with Gasteiger partial charge in [0, 0.05) is 0 Å². The lowest BCUT2D eigenvalue weighted by Crippen LogP contribution is -2.39. The van der Waals surface area contributed by atoms with Crippen molar-refractivity contribution in [2.75, 3.05) is 26.6 Å². The molecule has 1 aliphatic rings. The maximum atomic E-state index is 15.6. The molecule has 0 bridgehead atoms. The first-order valence-electron chi connectivity index (χ1n) is 13.5. The van der Waals surface area contributed by atoms with Crippen LogP contribution in [0.25, 0.3) is 11.2 Å². The number of imidazole rings is 1. The van der Waals surface area contributed by atoms with E-state index in [4.69, 9.17) is 24.7 Å². The molecular weight excluding hydrogens is 560 g/mol. The van der Waals surface area contributed by atoms with Crippen LogP contribution in [0, 0.1) is 6.08 Å². The summed E-state index contributed by atoms with van der Waals surface area (Å²) >= 11 is 0. The minimum atomic E-state index is -1.90. The summed E-state index contributed by atoms with van der Waals surface area (Å²) in [6, 6.07) is 24.4. The van der Waals surface area contributed by atoms with Gasteiger partial charge in [-0.3, -0.25) is 4.57 Å². The minimum absolute atomic E-state index is 0.0542. The van der Waals surface area contributed by atoms with Gasteiger partial charge in [-0.2, -0.15) is 14.4 Å². The summed E-state index contributed by atoms with van der Waals surface area (Å²) in [4.78, 5) is 11.3. The fraction of sp³-hybridized carbons (Fsp3) is 0.258. The average molecular weight is 590 g/mol. The third kappa shape index (κ3) is 5.03. The highest BCUT2D eigenvalue weighted by molar-refractivity contribution is 5.81.